The average Bonchev–Trinajstić information content (AvgIpc) is 2.01. The molecule has 6 heteroatoms. The van der Waals surface area contributed by atoms with Gasteiger partial charge in [0.25, 0.3) is 5.17 Å². The van der Waals surface area contributed by atoms with Gasteiger partial charge in [0.1, 0.15) is 0 Å². The zero-order valence-corrected chi connectivity index (χ0v) is 7.66. The highest BCUT2D eigenvalue weighted by Gasteiger charge is 1.94. The van der Waals surface area contributed by atoms with E-state index in [1.807, 2.05) is 0 Å². The Morgan fingerprint density at radius 1 is 1.73 bits per heavy atom. The SMILES string of the molecule is N/N=C/[NH+]=C(N)SCCCCl. The molecule has 0 aliphatic carbocycles. The Kier molecular flexibility index (Phi) is 7.39. The molecule has 0 rings (SSSR count). The number of thioether (sulfide) groups is 1. The van der Waals surface area contributed by atoms with Gasteiger partial charge in [-0.05, 0) is 11.5 Å². The van der Waals surface area contributed by atoms with Crippen molar-refractivity contribution in [1.29, 1.82) is 0 Å². The van der Waals surface area contributed by atoms with Crippen LogP contribution >= 0.6 is 23.4 Å². The number of nitrogens with zero attached hydrogens (tertiary/aromatic N) is 1. The summed E-state index contributed by atoms with van der Waals surface area (Å²) in [6, 6.07) is 0. The molecule has 0 aliphatic heterocycles. The van der Waals surface area contributed by atoms with Crippen LogP contribution in [0.5, 0.6) is 0 Å². The third kappa shape index (κ3) is 7.48. The standard InChI is InChI=1S/C5H11ClN4S/c6-2-1-3-11-5(7)9-4-10-8/h4H,1-3,8H2,(H2,7,9,10)/p+1. The number of rotatable bonds is 4. The Bertz CT molecular complexity index is 147. The Hall–Kier alpha value is -0.420. The number of halogens is 1. The minimum absolute atomic E-state index is 0.587. The molecule has 11 heavy (non-hydrogen) atoms. The van der Waals surface area contributed by atoms with Crippen LogP contribution in [0.3, 0.4) is 0 Å². The molecule has 0 aromatic carbocycles. The molecule has 0 radical (unpaired) electrons. The molecule has 0 fully saturated rings. The van der Waals surface area contributed by atoms with Crippen LogP contribution in [0, 0.1) is 0 Å². The molecule has 0 aliphatic rings. The van der Waals surface area contributed by atoms with Gasteiger partial charge in [-0.15, -0.1) is 11.6 Å². The summed E-state index contributed by atoms with van der Waals surface area (Å²) in [4.78, 5) is 2.69. The van der Waals surface area contributed by atoms with Crippen molar-refractivity contribution in [2.45, 2.75) is 6.42 Å². The predicted octanol–water partition coefficient (Wildman–Crippen LogP) is -1.35. The van der Waals surface area contributed by atoms with Crippen molar-refractivity contribution in [3.63, 3.8) is 0 Å². The van der Waals surface area contributed by atoms with Crippen molar-refractivity contribution in [2.24, 2.45) is 16.7 Å². The van der Waals surface area contributed by atoms with Crippen LogP contribution in [0.2, 0.25) is 0 Å². The number of nitrogens with two attached hydrogens (primary N) is 2. The smallest absolute Gasteiger partial charge is 0.252 e. The lowest BCUT2D eigenvalue weighted by Gasteiger charge is -1.91. The van der Waals surface area contributed by atoms with E-state index in [9.17, 15) is 0 Å². The zero-order valence-electron chi connectivity index (χ0n) is 6.09. The number of alkyl halides is 1. The zero-order chi connectivity index (χ0) is 8.53. The first-order chi connectivity index (χ1) is 5.31. The summed E-state index contributed by atoms with van der Waals surface area (Å²) < 4.78 is 0. The van der Waals surface area contributed by atoms with Crippen LogP contribution in [0.25, 0.3) is 0 Å². The van der Waals surface area contributed by atoms with Crippen LogP contribution in [0.1, 0.15) is 6.42 Å². The Labute approximate surface area is 75.1 Å². The molecule has 0 heterocycles. The van der Waals surface area contributed by atoms with Gasteiger partial charge in [0.2, 0.25) is 6.34 Å². The van der Waals surface area contributed by atoms with Crippen molar-refractivity contribution in [3.8, 4) is 0 Å². The molecule has 0 unspecified atom stereocenters. The molecule has 0 aromatic rings. The summed E-state index contributed by atoms with van der Waals surface area (Å²) in [5.41, 5.74) is 5.48. The number of amidine groups is 1. The van der Waals surface area contributed by atoms with E-state index in [1.165, 1.54) is 18.1 Å². The third-order valence-corrected chi connectivity index (χ3v) is 2.01. The van der Waals surface area contributed by atoms with Gasteiger partial charge in [-0.1, -0.05) is 11.8 Å². The molecule has 0 saturated carbocycles. The Balaban J connectivity index is 3.42. The average molecular weight is 196 g/mol. The van der Waals surface area contributed by atoms with Gasteiger partial charge >= 0.3 is 0 Å². The van der Waals surface area contributed by atoms with E-state index < -0.39 is 0 Å². The lowest BCUT2D eigenvalue weighted by molar-refractivity contribution is -0.301. The summed E-state index contributed by atoms with van der Waals surface area (Å²) in [6.07, 6.45) is 2.28. The molecule has 0 bridgehead atoms. The van der Waals surface area contributed by atoms with Crippen LogP contribution in [0.15, 0.2) is 5.10 Å². The largest absolute Gasteiger partial charge is 0.313 e. The van der Waals surface area contributed by atoms with Crippen molar-refractivity contribution >= 4 is 34.9 Å². The first-order valence-electron chi connectivity index (χ1n) is 3.10. The minimum atomic E-state index is 0.587. The molecule has 0 aromatic heterocycles. The normalized spacial score (nSPS) is 12.6. The quantitative estimate of drug-likeness (QED) is 0.130. The highest BCUT2D eigenvalue weighted by Crippen LogP contribution is 1.98. The minimum Gasteiger partial charge on any atom is -0.313 e. The molecule has 64 valence electrons. The summed E-state index contributed by atoms with van der Waals surface area (Å²) >= 11 is 6.95. The lowest BCUT2D eigenvalue weighted by Crippen LogP contribution is -2.73. The highest BCUT2D eigenvalue weighted by atomic mass is 35.5. The molecule has 0 spiro atoms. The van der Waals surface area contributed by atoms with Gasteiger partial charge in [-0.3, -0.25) is 5.84 Å². The van der Waals surface area contributed by atoms with Gasteiger partial charge in [-0.2, -0.15) is 0 Å². The fraction of sp³-hybridized carbons (Fsp3) is 0.600. The van der Waals surface area contributed by atoms with Gasteiger partial charge in [0.05, 0.1) is 0 Å². The van der Waals surface area contributed by atoms with Gasteiger partial charge in [0.15, 0.2) is 0 Å². The maximum atomic E-state index is 5.48. The second-order valence-electron chi connectivity index (χ2n) is 1.68. The molecule has 4 nitrogen and oxygen atoms in total. The van der Waals surface area contributed by atoms with Crippen LogP contribution in [0.4, 0.5) is 0 Å². The van der Waals surface area contributed by atoms with E-state index >= 15 is 0 Å². The first-order valence-corrected chi connectivity index (χ1v) is 4.62. The lowest BCUT2D eigenvalue weighted by atomic mass is 10.6. The van der Waals surface area contributed by atoms with Crippen LogP contribution < -0.4 is 16.6 Å². The van der Waals surface area contributed by atoms with Crippen molar-refractivity contribution in [2.75, 3.05) is 11.6 Å². The predicted molar refractivity (Wildman–Crippen MR) is 50.6 cm³/mol. The fourth-order valence-corrected chi connectivity index (χ4v) is 1.32. The van der Waals surface area contributed by atoms with Crippen LogP contribution in [-0.4, -0.2) is 23.1 Å². The monoisotopic (exact) mass is 195 g/mol. The van der Waals surface area contributed by atoms with E-state index in [0.29, 0.717) is 11.0 Å². The second kappa shape index (κ2) is 7.68. The van der Waals surface area contributed by atoms with Crippen molar-refractivity contribution in [3.05, 3.63) is 0 Å². The Morgan fingerprint density at radius 2 is 2.45 bits per heavy atom. The van der Waals surface area contributed by atoms with E-state index in [2.05, 4.69) is 10.1 Å². The summed E-state index contributed by atoms with van der Waals surface area (Å²) in [5, 5.41) is 3.81. The number of hydrazone groups is 1. The summed E-state index contributed by atoms with van der Waals surface area (Å²) in [6.45, 7) is 0. The molecule has 0 saturated heterocycles. The number of hydrogen-bond acceptors (Lipinski definition) is 3. The summed E-state index contributed by atoms with van der Waals surface area (Å²) in [7, 11) is 0. The van der Waals surface area contributed by atoms with Gasteiger partial charge in [0, 0.05) is 11.6 Å². The Morgan fingerprint density at radius 3 is 3.00 bits per heavy atom. The van der Waals surface area contributed by atoms with E-state index in [4.69, 9.17) is 23.2 Å². The number of nitrogens with one attached hydrogen (secondary N) is 1. The van der Waals surface area contributed by atoms with Gasteiger partial charge in [-0.25, -0.2) is 4.99 Å². The topological polar surface area (TPSA) is 78.4 Å². The third-order valence-electron chi connectivity index (χ3n) is 0.817. The highest BCUT2D eigenvalue weighted by molar-refractivity contribution is 8.13. The molecule has 0 amide bonds. The number of hydrogen-bond donors (Lipinski definition) is 3. The van der Waals surface area contributed by atoms with Crippen LogP contribution in [-0.2, 0) is 0 Å². The molecule has 0 atom stereocenters. The molecule has 5 N–H and O–H groups in total. The summed E-state index contributed by atoms with van der Waals surface area (Å²) in [5.74, 6) is 6.40. The fourth-order valence-electron chi connectivity index (χ4n) is 0.379. The molecular weight excluding hydrogens is 184 g/mol. The van der Waals surface area contributed by atoms with Crippen molar-refractivity contribution < 1.29 is 4.99 Å². The molecular formula is C5H12ClN4S+. The van der Waals surface area contributed by atoms with E-state index in [1.54, 1.807) is 0 Å². The van der Waals surface area contributed by atoms with Crippen molar-refractivity contribution in [1.82, 2.24) is 0 Å². The maximum absolute atomic E-state index is 5.48. The maximum Gasteiger partial charge on any atom is 0.252 e. The van der Waals surface area contributed by atoms with E-state index in [0.717, 1.165) is 12.2 Å². The second-order valence-corrected chi connectivity index (χ2v) is 3.19. The first kappa shape index (κ1) is 10.6. The van der Waals surface area contributed by atoms with Gasteiger partial charge < -0.3 is 5.73 Å². The van der Waals surface area contributed by atoms with E-state index in [-0.39, 0.29) is 0 Å².